The number of nitro benzene ring substituents is 1. The summed E-state index contributed by atoms with van der Waals surface area (Å²) >= 11 is 0. The van der Waals surface area contributed by atoms with E-state index in [4.69, 9.17) is 0 Å². The van der Waals surface area contributed by atoms with Crippen molar-refractivity contribution in [2.75, 3.05) is 11.9 Å². The molecular formula is C14H20N2O2. The van der Waals surface area contributed by atoms with Gasteiger partial charge in [-0.15, -0.1) is 0 Å². The summed E-state index contributed by atoms with van der Waals surface area (Å²) in [5.74, 6) is 1.46. The first-order valence-corrected chi connectivity index (χ1v) is 6.57. The molecule has 0 amide bonds. The summed E-state index contributed by atoms with van der Waals surface area (Å²) in [6, 6.07) is 4.99. The SMILES string of the molecule is Cc1ccc([N+](=O)[O-])cc1NCC1CCCC1C. The number of non-ortho nitro benzene ring substituents is 1. The van der Waals surface area contributed by atoms with E-state index in [1.54, 1.807) is 18.2 Å². The predicted octanol–water partition coefficient (Wildman–Crippen LogP) is 3.75. The van der Waals surface area contributed by atoms with Gasteiger partial charge in [0.25, 0.3) is 5.69 Å². The van der Waals surface area contributed by atoms with Gasteiger partial charge in [0.2, 0.25) is 0 Å². The molecule has 98 valence electrons. The number of hydrogen-bond acceptors (Lipinski definition) is 3. The molecule has 0 aromatic heterocycles. The second-order valence-corrected chi connectivity index (χ2v) is 5.31. The van der Waals surface area contributed by atoms with Crippen LogP contribution in [0.4, 0.5) is 11.4 Å². The number of rotatable bonds is 4. The van der Waals surface area contributed by atoms with Gasteiger partial charge < -0.3 is 5.32 Å². The molecule has 1 fully saturated rings. The summed E-state index contributed by atoms with van der Waals surface area (Å²) in [6.07, 6.45) is 3.88. The molecule has 0 spiro atoms. The second-order valence-electron chi connectivity index (χ2n) is 5.31. The molecule has 1 aromatic rings. The highest BCUT2D eigenvalue weighted by Gasteiger charge is 2.23. The molecular weight excluding hydrogens is 228 g/mol. The Kier molecular flexibility index (Phi) is 3.84. The maximum absolute atomic E-state index is 10.8. The van der Waals surface area contributed by atoms with E-state index >= 15 is 0 Å². The van der Waals surface area contributed by atoms with E-state index in [9.17, 15) is 10.1 Å². The van der Waals surface area contributed by atoms with Crippen LogP contribution >= 0.6 is 0 Å². The van der Waals surface area contributed by atoms with Crippen LogP contribution in [0.1, 0.15) is 31.7 Å². The lowest BCUT2D eigenvalue weighted by Gasteiger charge is -2.17. The first kappa shape index (κ1) is 12.9. The fraction of sp³-hybridized carbons (Fsp3) is 0.571. The summed E-state index contributed by atoms with van der Waals surface area (Å²) in [5, 5.41) is 14.1. The highest BCUT2D eigenvalue weighted by molar-refractivity contribution is 5.56. The monoisotopic (exact) mass is 248 g/mol. The zero-order valence-corrected chi connectivity index (χ0v) is 11.0. The van der Waals surface area contributed by atoms with Gasteiger partial charge in [-0.1, -0.05) is 25.8 Å². The highest BCUT2D eigenvalue weighted by atomic mass is 16.6. The van der Waals surface area contributed by atoms with Crippen LogP contribution in [0.25, 0.3) is 0 Å². The van der Waals surface area contributed by atoms with Gasteiger partial charge in [-0.05, 0) is 30.7 Å². The molecule has 1 saturated carbocycles. The molecule has 1 N–H and O–H groups in total. The molecule has 4 nitrogen and oxygen atoms in total. The van der Waals surface area contributed by atoms with Gasteiger partial charge in [0, 0.05) is 24.4 Å². The molecule has 4 heteroatoms. The number of benzene rings is 1. The van der Waals surface area contributed by atoms with E-state index in [0.717, 1.165) is 23.7 Å². The van der Waals surface area contributed by atoms with Crippen LogP contribution in [0, 0.1) is 28.9 Å². The van der Waals surface area contributed by atoms with Crippen LogP contribution in [0.2, 0.25) is 0 Å². The first-order chi connectivity index (χ1) is 8.58. The molecule has 1 aromatic carbocycles. The van der Waals surface area contributed by atoms with Crippen molar-refractivity contribution in [2.45, 2.75) is 33.1 Å². The van der Waals surface area contributed by atoms with Crippen LogP contribution in [0.3, 0.4) is 0 Å². The summed E-state index contributed by atoms with van der Waals surface area (Å²) in [4.78, 5) is 10.4. The Balaban J connectivity index is 2.04. The second kappa shape index (κ2) is 5.38. The average Bonchev–Trinajstić information content (AvgIpc) is 2.73. The van der Waals surface area contributed by atoms with Crippen LogP contribution in [0.15, 0.2) is 18.2 Å². The van der Waals surface area contributed by atoms with Crippen LogP contribution < -0.4 is 5.32 Å². The fourth-order valence-electron chi connectivity index (χ4n) is 2.68. The molecule has 2 unspecified atom stereocenters. The minimum absolute atomic E-state index is 0.155. The average molecular weight is 248 g/mol. The Bertz CT molecular complexity index is 445. The fourth-order valence-corrected chi connectivity index (χ4v) is 2.68. The molecule has 0 saturated heterocycles. The van der Waals surface area contributed by atoms with Crippen molar-refractivity contribution in [3.05, 3.63) is 33.9 Å². The minimum Gasteiger partial charge on any atom is -0.384 e. The van der Waals surface area contributed by atoms with Gasteiger partial charge in [0.15, 0.2) is 0 Å². The topological polar surface area (TPSA) is 55.2 Å². The molecule has 0 bridgehead atoms. The van der Waals surface area contributed by atoms with Crippen molar-refractivity contribution in [1.82, 2.24) is 0 Å². The van der Waals surface area contributed by atoms with E-state index in [0.29, 0.717) is 5.92 Å². The molecule has 0 radical (unpaired) electrons. The first-order valence-electron chi connectivity index (χ1n) is 6.57. The summed E-state index contributed by atoms with van der Waals surface area (Å²) in [6.45, 7) is 5.19. The van der Waals surface area contributed by atoms with Gasteiger partial charge in [-0.2, -0.15) is 0 Å². The number of nitro groups is 1. The smallest absolute Gasteiger partial charge is 0.271 e. The third-order valence-corrected chi connectivity index (χ3v) is 4.03. The normalized spacial score (nSPS) is 23.0. The van der Waals surface area contributed by atoms with E-state index in [1.807, 2.05) is 6.92 Å². The van der Waals surface area contributed by atoms with Crippen molar-refractivity contribution in [3.8, 4) is 0 Å². The third-order valence-electron chi connectivity index (χ3n) is 4.03. The predicted molar refractivity (Wildman–Crippen MR) is 72.8 cm³/mol. The minimum atomic E-state index is -0.344. The van der Waals surface area contributed by atoms with Crippen molar-refractivity contribution in [3.63, 3.8) is 0 Å². The van der Waals surface area contributed by atoms with Crippen molar-refractivity contribution < 1.29 is 4.92 Å². The summed E-state index contributed by atoms with van der Waals surface area (Å²) in [7, 11) is 0. The van der Waals surface area contributed by atoms with E-state index in [-0.39, 0.29) is 10.6 Å². The Labute approximate surface area is 108 Å². The Morgan fingerprint density at radius 2 is 2.22 bits per heavy atom. The van der Waals surface area contributed by atoms with Crippen LogP contribution in [-0.4, -0.2) is 11.5 Å². The number of hydrogen-bond donors (Lipinski definition) is 1. The van der Waals surface area contributed by atoms with Gasteiger partial charge in [-0.3, -0.25) is 10.1 Å². The quantitative estimate of drug-likeness (QED) is 0.652. The summed E-state index contributed by atoms with van der Waals surface area (Å²) < 4.78 is 0. The molecule has 2 rings (SSSR count). The lowest BCUT2D eigenvalue weighted by Crippen LogP contribution is -2.16. The van der Waals surface area contributed by atoms with Crippen LogP contribution in [-0.2, 0) is 0 Å². The van der Waals surface area contributed by atoms with Crippen molar-refractivity contribution >= 4 is 11.4 Å². The molecule has 2 atom stereocenters. The van der Waals surface area contributed by atoms with Gasteiger partial charge in [-0.25, -0.2) is 0 Å². The lowest BCUT2D eigenvalue weighted by molar-refractivity contribution is -0.384. The number of nitrogens with zero attached hydrogens (tertiary/aromatic N) is 1. The van der Waals surface area contributed by atoms with Gasteiger partial charge >= 0.3 is 0 Å². The van der Waals surface area contributed by atoms with Gasteiger partial charge in [0.1, 0.15) is 0 Å². The molecule has 1 aliphatic rings. The molecule has 0 heterocycles. The maximum atomic E-state index is 10.8. The Hall–Kier alpha value is -1.58. The van der Waals surface area contributed by atoms with Crippen molar-refractivity contribution in [2.24, 2.45) is 11.8 Å². The molecule has 18 heavy (non-hydrogen) atoms. The number of anilines is 1. The molecule has 0 aliphatic heterocycles. The van der Waals surface area contributed by atoms with Crippen LogP contribution in [0.5, 0.6) is 0 Å². The zero-order chi connectivity index (χ0) is 13.1. The lowest BCUT2D eigenvalue weighted by atomic mass is 9.98. The van der Waals surface area contributed by atoms with Gasteiger partial charge in [0.05, 0.1) is 4.92 Å². The van der Waals surface area contributed by atoms with E-state index in [2.05, 4.69) is 12.2 Å². The molecule has 1 aliphatic carbocycles. The largest absolute Gasteiger partial charge is 0.384 e. The number of nitrogens with one attached hydrogen (secondary N) is 1. The van der Waals surface area contributed by atoms with Crippen molar-refractivity contribution in [1.29, 1.82) is 0 Å². The zero-order valence-electron chi connectivity index (χ0n) is 11.0. The summed E-state index contributed by atoms with van der Waals surface area (Å²) in [5.41, 5.74) is 2.11. The Morgan fingerprint density at radius 3 is 2.83 bits per heavy atom. The number of aryl methyl sites for hydroxylation is 1. The standard InChI is InChI=1S/C14H20N2O2/c1-10-4-3-5-12(10)9-15-14-8-13(16(17)18)7-6-11(14)2/h6-8,10,12,15H,3-5,9H2,1-2H3. The Morgan fingerprint density at radius 1 is 1.44 bits per heavy atom. The maximum Gasteiger partial charge on any atom is 0.271 e. The third kappa shape index (κ3) is 2.81. The van der Waals surface area contributed by atoms with E-state index in [1.165, 1.54) is 19.3 Å². The highest BCUT2D eigenvalue weighted by Crippen LogP contribution is 2.31. The van der Waals surface area contributed by atoms with E-state index < -0.39 is 0 Å².